The van der Waals surface area contributed by atoms with Crippen molar-refractivity contribution in [1.29, 1.82) is 0 Å². The minimum Gasteiger partial charge on any atom is -0.497 e. The maximum absolute atomic E-state index is 13.9. The van der Waals surface area contributed by atoms with Crippen LogP contribution in [-0.4, -0.2) is 47.2 Å². The van der Waals surface area contributed by atoms with Gasteiger partial charge >= 0.3 is 0 Å². The first-order valence-electron chi connectivity index (χ1n) is 13.6. The van der Waals surface area contributed by atoms with E-state index in [-0.39, 0.29) is 22.8 Å². The van der Waals surface area contributed by atoms with Crippen LogP contribution in [0.3, 0.4) is 0 Å². The van der Waals surface area contributed by atoms with Crippen molar-refractivity contribution in [3.8, 4) is 11.5 Å². The molecule has 4 rings (SSSR count). The van der Waals surface area contributed by atoms with Gasteiger partial charge < -0.3 is 19.7 Å². The van der Waals surface area contributed by atoms with Crippen molar-refractivity contribution < 1.29 is 22.7 Å². The number of carbonyl (C=O) groups excluding carboxylic acids is 1. The molecule has 0 saturated heterocycles. The lowest BCUT2D eigenvalue weighted by Crippen LogP contribution is -2.50. The molecule has 1 amide bonds. The predicted octanol–water partition coefficient (Wildman–Crippen LogP) is 5.11. The van der Waals surface area contributed by atoms with E-state index in [9.17, 15) is 13.2 Å². The van der Waals surface area contributed by atoms with Crippen LogP contribution in [0, 0.1) is 0 Å². The van der Waals surface area contributed by atoms with Gasteiger partial charge in [0.25, 0.3) is 15.9 Å². The molecule has 1 heterocycles. The summed E-state index contributed by atoms with van der Waals surface area (Å²) in [6.45, 7) is 12.4. The topological polar surface area (TPSA) is 88.2 Å². The molecule has 3 aromatic carbocycles. The van der Waals surface area contributed by atoms with Gasteiger partial charge in [-0.2, -0.15) is 0 Å². The first-order chi connectivity index (χ1) is 19.0. The van der Waals surface area contributed by atoms with Crippen LogP contribution in [0.2, 0.25) is 0 Å². The molecule has 1 aliphatic rings. The van der Waals surface area contributed by atoms with Gasteiger partial charge in [0, 0.05) is 25.3 Å². The monoisotopic (exact) mass is 565 g/mol. The molecule has 0 aliphatic carbocycles. The molecule has 1 atom stereocenters. The number of sulfonamides is 1. The SMILES string of the molecule is CCN(CC)c1ccc(CNC(=O)C2CN(S(=O)(=O)c3ccc(OC)cc3)c3cc(C(C)(C)C)ccc3O2)cc1. The number of ether oxygens (including phenoxy) is 2. The highest BCUT2D eigenvalue weighted by Crippen LogP contribution is 2.40. The maximum atomic E-state index is 13.9. The molecule has 1 aliphatic heterocycles. The lowest BCUT2D eigenvalue weighted by Gasteiger charge is -2.36. The van der Waals surface area contributed by atoms with Crippen LogP contribution in [-0.2, 0) is 26.8 Å². The smallest absolute Gasteiger partial charge is 0.264 e. The largest absolute Gasteiger partial charge is 0.497 e. The van der Waals surface area contributed by atoms with E-state index in [2.05, 4.69) is 44.8 Å². The summed E-state index contributed by atoms with van der Waals surface area (Å²) in [6.07, 6.45) is -1.02. The van der Waals surface area contributed by atoms with Gasteiger partial charge in [-0.3, -0.25) is 9.10 Å². The molecule has 0 fully saturated rings. The van der Waals surface area contributed by atoms with Crippen molar-refractivity contribution in [2.75, 3.05) is 35.9 Å². The molecule has 0 radical (unpaired) electrons. The van der Waals surface area contributed by atoms with Gasteiger partial charge in [-0.05, 0) is 78.9 Å². The number of carbonyl (C=O) groups is 1. The average Bonchev–Trinajstić information content (AvgIpc) is 2.95. The summed E-state index contributed by atoms with van der Waals surface area (Å²) in [6, 6.07) is 19.8. The molecular formula is C31H39N3O5S. The number of rotatable bonds is 9. The number of benzene rings is 3. The van der Waals surface area contributed by atoms with Gasteiger partial charge in [0.05, 0.1) is 24.2 Å². The molecule has 40 heavy (non-hydrogen) atoms. The Morgan fingerprint density at radius 3 is 2.25 bits per heavy atom. The van der Waals surface area contributed by atoms with Crippen LogP contribution in [0.5, 0.6) is 11.5 Å². The number of fused-ring (bicyclic) bond motifs is 1. The Balaban J connectivity index is 1.59. The summed E-state index contributed by atoms with van der Waals surface area (Å²) in [4.78, 5) is 15.6. The molecule has 1 unspecified atom stereocenters. The summed E-state index contributed by atoms with van der Waals surface area (Å²) >= 11 is 0. The third-order valence-corrected chi connectivity index (χ3v) is 8.96. The second-order valence-electron chi connectivity index (χ2n) is 10.8. The van der Waals surface area contributed by atoms with Crippen molar-refractivity contribution in [2.45, 2.75) is 57.6 Å². The number of hydrogen-bond acceptors (Lipinski definition) is 6. The molecule has 0 aromatic heterocycles. The van der Waals surface area contributed by atoms with Crippen molar-refractivity contribution in [3.05, 3.63) is 77.9 Å². The van der Waals surface area contributed by atoms with Crippen LogP contribution in [0.15, 0.2) is 71.6 Å². The molecule has 0 spiro atoms. The molecule has 9 heteroatoms. The standard InChI is InChI=1S/C31H39N3O5S/c1-7-33(8-2)24-12-9-22(10-13-24)20-32-30(35)29-21-34(40(36,37)26-16-14-25(38-6)15-17-26)27-19-23(31(3,4)5)11-18-28(27)39-29/h9-19,29H,7-8,20-21H2,1-6H3,(H,32,35). The number of nitrogens with zero attached hydrogens (tertiary/aromatic N) is 2. The highest BCUT2D eigenvalue weighted by atomic mass is 32.2. The van der Waals surface area contributed by atoms with E-state index in [1.165, 1.54) is 23.5 Å². The van der Waals surface area contributed by atoms with E-state index in [0.717, 1.165) is 29.9 Å². The minimum absolute atomic E-state index is 0.106. The van der Waals surface area contributed by atoms with E-state index in [0.29, 0.717) is 23.7 Å². The van der Waals surface area contributed by atoms with Crippen molar-refractivity contribution in [2.24, 2.45) is 0 Å². The number of nitrogens with one attached hydrogen (secondary N) is 1. The van der Waals surface area contributed by atoms with Gasteiger partial charge in [-0.1, -0.05) is 39.0 Å². The number of methoxy groups -OCH3 is 1. The fourth-order valence-electron chi connectivity index (χ4n) is 4.67. The molecule has 0 saturated carbocycles. The lowest BCUT2D eigenvalue weighted by molar-refractivity contribution is -0.127. The van der Waals surface area contributed by atoms with E-state index in [1.54, 1.807) is 18.2 Å². The van der Waals surface area contributed by atoms with E-state index >= 15 is 0 Å². The number of hydrogen-bond donors (Lipinski definition) is 1. The molecule has 214 valence electrons. The van der Waals surface area contributed by atoms with E-state index < -0.39 is 16.1 Å². The highest BCUT2D eigenvalue weighted by molar-refractivity contribution is 7.92. The van der Waals surface area contributed by atoms with E-state index in [4.69, 9.17) is 9.47 Å². The third kappa shape index (κ3) is 6.20. The lowest BCUT2D eigenvalue weighted by atomic mass is 9.86. The average molecular weight is 566 g/mol. The predicted molar refractivity (Wildman–Crippen MR) is 159 cm³/mol. The van der Waals surface area contributed by atoms with Gasteiger partial charge in [0.2, 0.25) is 0 Å². The van der Waals surface area contributed by atoms with Crippen LogP contribution in [0.25, 0.3) is 0 Å². The second-order valence-corrected chi connectivity index (χ2v) is 12.7. The Hall–Kier alpha value is -3.72. The molecular weight excluding hydrogens is 526 g/mol. The first kappa shape index (κ1) is 29.3. The number of anilines is 2. The van der Waals surface area contributed by atoms with Gasteiger partial charge in [-0.15, -0.1) is 0 Å². The van der Waals surface area contributed by atoms with Gasteiger partial charge in [-0.25, -0.2) is 8.42 Å². The fourth-order valence-corrected chi connectivity index (χ4v) is 6.14. The summed E-state index contributed by atoms with van der Waals surface area (Å²) < 4.78 is 40.3. The first-order valence-corrected chi connectivity index (χ1v) is 15.0. The zero-order valence-electron chi connectivity index (χ0n) is 24.1. The van der Waals surface area contributed by atoms with Crippen LogP contribution >= 0.6 is 0 Å². The summed E-state index contributed by atoms with van der Waals surface area (Å²) in [5.74, 6) is 0.520. The van der Waals surface area contributed by atoms with Crippen LogP contribution in [0.1, 0.15) is 45.7 Å². The maximum Gasteiger partial charge on any atom is 0.264 e. The zero-order chi connectivity index (χ0) is 29.1. The number of amides is 1. The van der Waals surface area contributed by atoms with Crippen molar-refractivity contribution in [1.82, 2.24) is 5.32 Å². The molecule has 8 nitrogen and oxygen atoms in total. The fraction of sp³-hybridized carbons (Fsp3) is 0.387. The zero-order valence-corrected chi connectivity index (χ0v) is 24.9. The van der Waals surface area contributed by atoms with Crippen molar-refractivity contribution in [3.63, 3.8) is 0 Å². The normalized spacial score (nSPS) is 15.2. The highest BCUT2D eigenvalue weighted by Gasteiger charge is 2.38. The Morgan fingerprint density at radius 1 is 1.02 bits per heavy atom. The molecule has 0 bridgehead atoms. The van der Waals surface area contributed by atoms with Gasteiger partial charge in [0.15, 0.2) is 6.10 Å². The summed E-state index contributed by atoms with van der Waals surface area (Å²) in [5.41, 5.74) is 3.24. The molecule has 3 aromatic rings. The molecule has 1 N–H and O–H groups in total. The van der Waals surface area contributed by atoms with Gasteiger partial charge in [0.1, 0.15) is 11.5 Å². The summed E-state index contributed by atoms with van der Waals surface area (Å²) in [5, 5.41) is 2.92. The Bertz CT molecular complexity index is 1430. The summed E-state index contributed by atoms with van der Waals surface area (Å²) in [7, 11) is -2.48. The Labute approximate surface area is 238 Å². The second kappa shape index (κ2) is 11.8. The van der Waals surface area contributed by atoms with Crippen molar-refractivity contribution >= 4 is 27.3 Å². The van der Waals surface area contributed by atoms with Crippen LogP contribution < -0.4 is 24.0 Å². The third-order valence-electron chi connectivity index (χ3n) is 7.17. The quantitative estimate of drug-likeness (QED) is 0.388. The minimum atomic E-state index is -4.00. The van der Waals surface area contributed by atoms with Crippen LogP contribution in [0.4, 0.5) is 11.4 Å². The Kier molecular flexibility index (Phi) is 8.63. The Morgan fingerprint density at radius 2 is 1.68 bits per heavy atom. The van der Waals surface area contributed by atoms with E-state index in [1.807, 2.05) is 36.4 Å².